The molecule has 1 unspecified atom stereocenters. The van der Waals surface area contributed by atoms with Crippen molar-refractivity contribution in [2.24, 2.45) is 11.8 Å². The number of halogens is 2. The minimum absolute atomic E-state index is 0. The largest absolute Gasteiger partial charge is 0.396 e. The molecule has 0 rings (SSSR count). The summed E-state index contributed by atoms with van der Waals surface area (Å²) in [4.78, 5) is 0. The number of nitrogens with two attached hydrogens (primary N) is 1. The molecule has 1 atom stereocenters. The van der Waals surface area contributed by atoms with Crippen LogP contribution in [-0.2, 0) is 0 Å². The number of aliphatic hydroxyl groups is 3. The van der Waals surface area contributed by atoms with E-state index in [0.29, 0.717) is 19.3 Å². The van der Waals surface area contributed by atoms with E-state index in [1.165, 1.54) is 0 Å². The quantitative estimate of drug-likeness (QED) is 0.313. The van der Waals surface area contributed by atoms with Gasteiger partial charge in [-0.25, -0.2) is 0 Å². The third-order valence-electron chi connectivity index (χ3n) is 2.91. The highest BCUT2D eigenvalue weighted by Crippen LogP contribution is 2.26. The summed E-state index contributed by atoms with van der Waals surface area (Å²) in [6, 6.07) is 0. The van der Waals surface area contributed by atoms with E-state index in [1.807, 2.05) is 6.92 Å². The Morgan fingerprint density at radius 3 is 1.75 bits per heavy atom. The second kappa shape index (κ2) is 11.9. The van der Waals surface area contributed by atoms with Gasteiger partial charge in [0.2, 0.25) is 0 Å². The average molecular weight is 279 g/mol. The molecule has 102 valence electrons. The predicted octanol–water partition coefficient (Wildman–Crippen LogP) is -0.185. The van der Waals surface area contributed by atoms with E-state index in [9.17, 15) is 0 Å². The van der Waals surface area contributed by atoms with Crippen LogP contribution in [0, 0.1) is 5.92 Å². The number of nitrogens with one attached hydrogen (secondary N) is 1. The van der Waals surface area contributed by atoms with Crippen molar-refractivity contribution in [1.29, 1.82) is 0 Å². The van der Waals surface area contributed by atoms with Crippen molar-refractivity contribution in [3.8, 4) is 0 Å². The molecule has 0 aliphatic heterocycles. The van der Waals surface area contributed by atoms with E-state index in [-0.39, 0.29) is 50.6 Å². The first-order valence-electron chi connectivity index (χ1n) is 4.97. The van der Waals surface area contributed by atoms with E-state index in [4.69, 9.17) is 21.2 Å². The first kappa shape index (κ1) is 21.6. The van der Waals surface area contributed by atoms with E-state index < -0.39 is 5.54 Å². The zero-order valence-electron chi connectivity index (χ0n) is 9.56. The number of aliphatic hydroxyl groups excluding tert-OH is 3. The second-order valence-electron chi connectivity index (χ2n) is 3.66. The fourth-order valence-electron chi connectivity index (χ4n) is 1.77. The molecule has 0 heterocycles. The van der Waals surface area contributed by atoms with Crippen molar-refractivity contribution < 1.29 is 15.3 Å². The Hall–Kier alpha value is 0.380. The molecule has 5 nitrogen and oxygen atoms in total. The molecule has 0 aromatic heterocycles. The van der Waals surface area contributed by atoms with Crippen molar-refractivity contribution in [1.82, 2.24) is 5.43 Å². The van der Waals surface area contributed by atoms with Gasteiger partial charge in [0.05, 0.1) is 0 Å². The van der Waals surface area contributed by atoms with Crippen LogP contribution in [0.5, 0.6) is 0 Å². The van der Waals surface area contributed by atoms with E-state index in [1.54, 1.807) is 0 Å². The number of hydrogen-bond donors (Lipinski definition) is 5. The van der Waals surface area contributed by atoms with Crippen LogP contribution in [0.1, 0.15) is 26.2 Å². The van der Waals surface area contributed by atoms with E-state index in [0.717, 1.165) is 0 Å². The maximum atomic E-state index is 8.94. The molecular formula is C9H24Cl2N2O3. The Balaban J connectivity index is -0.000000845. The smallest absolute Gasteiger partial charge is 0.0449 e. The molecule has 7 heteroatoms. The Kier molecular flexibility index (Phi) is 16.0. The van der Waals surface area contributed by atoms with Crippen LogP contribution in [0.15, 0.2) is 0 Å². The lowest BCUT2D eigenvalue weighted by Crippen LogP contribution is -2.55. The molecule has 0 amide bonds. The molecule has 0 radical (unpaired) electrons. The number of rotatable bonds is 8. The van der Waals surface area contributed by atoms with Crippen molar-refractivity contribution >= 4 is 24.8 Å². The lowest BCUT2D eigenvalue weighted by atomic mass is 9.78. The van der Waals surface area contributed by atoms with Crippen LogP contribution in [0.3, 0.4) is 0 Å². The Bertz CT molecular complexity index is 147. The van der Waals surface area contributed by atoms with Gasteiger partial charge in [-0.1, -0.05) is 6.92 Å². The van der Waals surface area contributed by atoms with Crippen LogP contribution in [0.2, 0.25) is 0 Å². The minimum Gasteiger partial charge on any atom is -0.396 e. The zero-order chi connectivity index (χ0) is 11.0. The summed E-state index contributed by atoms with van der Waals surface area (Å²) < 4.78 is 0. The van der Waals surface area contributed by atoms with Crippen LogP contribution in [-0.4, -0.2) is 40.7 Å². The second-order valence-corrected chi connectivity index (χ2v) is 3.66. The Morgan fingerprint density at radius 2 is 1.50 bits per heavy atom. The topological polar surface area (TPSA) is 98.7 Å². The first-order valence-corrected chi connectivity index (χ1v) is 4.97. The Labute approximate surface area is 109 Å². The standard InChI is InChI=1S/C9H22N2O3.2ClH/c1-8(2-5-12)9(11-10,3-6-13)4-7-14;;/h8,11-14H,2-7,10H2,1H3;2*1H. The summed E-state index contributed by atoms with van der Waals surface area (Å²) in [5, 5.41) is 26.7. The fraction of sp³-hybridized carbons (Fsp3) is 1.00. The van der Waals surface area contributed by atoms with E-state index >= 15 is 0 Å². The van der Waals surface area contributed by atoms with Crippen molar-refractivity contribution in [3.63, 3.8) is 0 Å². The van der Waals surface area contributed by atoms with Gasteiger partial charge in [0.1, 0.15) is 0 Å². The highest BCUT2D eigenvalue weighted by molar-refractivity contribution is 5.85. The normalized spacial score (nSPS) is 12.6. The first-order chi connectivity index (χ1) is 6.66. The maximum Gasteiger partial charge on any atom is 0.0449 e. The molecule has 0 fully saturated rings. The lowest BCUT2D eigenvalue weighted by Gasteiger charge is -2.38. The SMILES string of the molecule is CC(CCO)C(CCO)(CCO)NN.Cl.Cl. The maximum absolute atomic E-state index is 8.94. The van der Waals surface area contributed by atoms with Crippen molar-refractivity contribution in [2.45, 2.75) is 31.7 Å². The van der Waals surface area contributed by atoms with Gasteiger partial charge in [0.15, 0.2) is 0 Å². The molecule has 0 aliphatic carbocycles. The van der Waals surface area contributed by atoms with Crippen LogP contribution in [0.4, 0.5) is 0 Å². The summed E-state index contributed by atoms with van der Waals surface area (Å²) in [5.74, 6) is 5.57. The minimum atomic E-state index is -0.480. The van der Waals surface area contributed by atoms with Crippen LogP contribution in [0.25, 0.3) is 0 Å². The lowest BCUT2D eigenvalue weighted by molar-refractivity contribution is 0.102. The van der Waals surface area contributed by atoms with Crippen LogP contribution >= 0.6 is 24.8 Å². The summed E-state index contributed by atoms with van der Waals surface area (Å²) in [7, 11) is 0. The molecule has 16 heavy (non-hydrogen) atoms. The molecule has 0 saturated heterocycles. The summed E-state index contributed by atoms with van der Waals surface area (Å²) in [5.41, 5.74) is 2.19. The molecule has 0 bridgehead atoms. The molecule has 0 aliphatic rings. The van der Waals surface area contributed by atoms with E-state index in [2.05, 4.69) is 5.43 Å². The third kappa shape index (κ3) is 6.20. The highest BCUT2D eigenvalue weighted by atomic mass is 35.5. The Morgan fingerprint density at radius 1 is 1.06 bits per heavy atom. The highest BCUT2D eigenvalue weighted by Gasteiger charge is 2.33. The molecule has 0 aromatic carbocycles. The third-order valence-corrected chi connectivity index (χ3v) is 2.91. The van der Waals surface area contributed by atoms with Crippen molar-refractivity contribution in [3.05, 3.63) is 0 Å². The average Bonchev–Trinajstić information content (AvgIpc) is 2.17. The van der Waals surface area contributed by atoms with Gasteiger partial charge in [0, 0.05) is 25.4 Å². The summed E-state index contributed by atoms with van der Waals surface area (Å²) in [6.07, 6.45) is 1.56. The molecular weight excluding hydrogens is 255 g/mol. The predicted molar refractivity (Wildman–Crippen MR) is 68.8 cm³/mol. The molecule has 0 spiro atoms. The van der Waals surface area contributed by atoms with Gasteiger partial charge in [-0.05, 0) is 25.2 Å². The monoisotopic (exact) mass is 278 g/mol. The summed E-state index contributed by atoms with van der Waals surface area (Å²) in [6.45, 7) is 2.06. The van der Waals surface area contributed by atoms with Gasteiger partial charge in [-0.2, -0.15) is 0 Å². The fourth-order valence-corrected chi connectivity index (χ4v) is 1.77. The van der Waals surface area contributed by atoms with Crippen molar-refractivity contribution in [2.75, 3.05) is 19.8 Å². The van der Waals surface area contributed by atoms with Gasteiger partial charge >= 0.3 is 0 Å². The number of hydrazine groups is 1. The molecule has 0 saturated carbocycles. The van der Waals surface area contributed by atoms with Gasteiger partial charge in [0.25, 0.3) is 0 Å². The molecule has 6 N–H and O–H groups in total. The zero-order valence-corrected chi connectivity index (χ0v) is 11.2. The van der Waals surface area contributed by atoms with Gasteiger partial charge in [-0.15, -0.1) is 24.8 Å². The number of hydrogen-bond acceptors (Lipinski definition) is 5. The van der Waals surface area contributed by atoms with Gasteiger partial charge < -0.3 is 15.3 Å². The van der Waals surface area contributed by atoms with Gasteiger partial charge in [-0.3, -0.25) is 11.3 Å². The van der Waals surface area contributed by atoms with Crippen LogP contribution < -0.4 is 11.3 Å². The molecule has 0 aromatic rings. The summed E-state index contributed by atoms with van der Waals surface area (Å²) >= 11 is 0.